The number of amides is 1. The number of nitrogens with one attached hydrogen (secondary N) is 1. The van der Waals surface area contributed by atoms with Crippen LogP contribution in [-0.4, -0.2) is 29.3 Å². The normalized spacial score (nSPS) is 15.1. The summed E-state index contributed by atoms with van der Waals surface area (Å²) < 4.78 is 5.95. The monoisotopic (exact) mass is 378 g/mol. The van der Waals surface area contributed by atoms with Gasteiger partial charge in [-0.3, -0.25) is 14.6 Å². The van der Waals surface area contributed by atoms with Crippen LogP contribution < -0.4 is 10.1 Å². The van der Waals surface area contributed by atoms with E-state index in [1.165, 1.54) is 18.3 Å². The summed E-state index contributed by atoms with van der Waals surface area (Å²) in [6, 6.07) is 11.7. The number of nitrogens with zero attached hydrogens (tertiary/aromatic N) is 1. The van der Waals surface area contributed by atoms with Gasteiger partial charge in [-0.1, -0.05) is 12.1 Å². The van der Waals surface area contributed by atoms with Crippen molar-refractivity contribution in [2.24, 2.45) is 0 Å². The molecule has 0 saturated carbocycles. The zero-order valence-corrected chi connectivity index (χ0v) is 15.6. The lowest BCUT2D eigenvalue weighted by molar-refractivity contribution is 0.0934. The molecule has 1 amide bonds. The Labute approximate surface area is 161 Å². The molecule has 4 rings (SSSR count). The summed E-state index contributed by atoms with van der Waals surface area (Å²) in [5, 5.41) is 4.60. The van der Waals surface area contributed by atoms with E-state index < -0.39 is 0 Å². The Morgan fingerprint density at radius 3 is 2.89 bits per heavy atom. The summed E-state index contributed by atoms with van der Waals surface area (Å²) >= 11 is 1.29. The van der Waals surface area contributed by atoms with Gasteiger partial charge in [-0.2, -0.15) is 0 Å². The van der Waals surface area contributed by atoms with Crippen molar-refractivity contribution in [3.05, 3.63) is 70.2 Å². The first-order valence-electron chi connectivity index (χ1n) is 8.68. The number of thiophene rings is 1. The van der Waals surface area contributed by atoms with Crippen molar-refractivity contribution in [3.8, 4) is 16.9 Å². The molecule has 1 N–H and O–H groups in total. The van der Waals surface area contributed by atoms with Crippen molar-refractivity contribution in [1.29, 1.82) is 0 Å². The molecule has 1 aromatic carbocycles. The lowest BCUT2D eigenvalue weighted by Crippen LogP contribution is -2.34. The number of hydrogen-bond donors (Lipinski definition) is 1. The lowest BCUT2D eigenvalue weighted by Gasteiger charge is -2.11. The first kappa shape index (κ1) is 17.4. The van der Waals surface area contributed by atoms with Gasteiger partial charge in [0.2, 0.25) is 0 Å². The van der Waals surface area contributed by atoms with E-state index in [-0.39, 0.29) is 17.8 Å². The SMILES string of the molecule is CC(=O)c1cc(C(=O)NCC2Cc3cc(-c4cccnc4)ccc3O2)cs1. The third kappa shape index (κ3) is 3.75. The minimum atomic E-state index is -0.186. The van der Waals surface area contributed by atoms with Crippen LogP contribution in [0.5, 0.6) is 5.75 Å². The summed E-state index contributed by atoms with van der Waals surface area (Å²) in [5.41, 5.74) is 3.81. The van der Waals surface area contributed by atoms with Gasteiger partial charge in [-0.25, -0.2) is 0 Å². The molecule has 1 aliphatic heterocycles. The molecule has 3 aromatic rings. The van der Waals surface area contributed by atoms with Gasteiger partial charge >= 0.3 is 0 Å². The molecule has 136 valence electrons. The van der Waals surface area contributed by atoms with Crippen LogP contribution in [0, 0.1) is 0 Å². The van der Waals surface area contributed by atoms with Crippen LogP contribution in [0.4, 0.5) is 0 Å². The molecule has 5 nitrogen and oxygen atoms in total. The van der Waals surface area contributed by atoms with Gasteiger partial charge in [0.25, 0.3) is 5.91 Å². The molecule has 0 saturated heterocycles. The number of fused-ring (bicyclic) bond motifs is 1. The molecule has 1 aliphatic rings. The summed E-state index contributed by atoms with van der Waals surface area (Å²) in [5.74, 6) is 0.642. The number of Topliss-reactive ketones (excluding diaryl/α,β-unsaturated/α-hetero) is 1. The Bertz CT molecular complexity index is 998. The van der Waals surface area contributed by atoms with Crippen molar-refractivity contribution >= 4 is 23.0 Å². The molecule has 0 radical (unpaired) electrons. The lowest BCUT2D eigenvalue weighted by atomic mass is 10.0. The second-order valence-electron chi connectivity index (χ2n) is 6.47. The minimum absolute atomic E-state index is 0.0296. The maximum Gasteiger partial charge on any atom is 0.252 e. The first-order chi connectivity index (χ1) is 13.1. The maximum absolute atomic E-state index is 12.3. The molecule has 0 fully saturated rings. The largest absolute Gasteiger partial charge is 0.488 e. The fourth-order valence-corrected chi connectivity index (χ4v) is 3.89. The summed E-state index contributed by atoms with van der Waals surface area (Å²) in [4.78, 5) is 28.4. The predicted molar refractivity (Wildman–Crippen MR) is 104 cm³/mol. The van der Waals surface area contributed by atoms with E-state index in [2.05, 4.69) is 16.4 Å². The average Bonchev–Trinajstić information content (AvgIpc) is 3.33. The van der Waals surface area contributed by atoms with Crippen LogP contribution >= 0.6 is 11.3 Å². The van der Waals surface area contributed by atoms with Crippen LogP contribution in [0.2, 0.25) is 0 Å². The van der Waals surface area contributed by atoms with Gasteiger partial charge in [0.1, 0.15) is 11.9 Å². The van der Waals surface area contributed by atoms with E-state index >= 15 is 0 Å². The third-order valence-corrected chi connectivity index (χ3v) is 5.53. The number of ether oxygens (including phenoxy) is 1. The number of rotatable bonds is 5. The van der Waals surface area contributed by atoms with E-state index in [0.29, 0.717) is 17.0 Å². The fraction of sp³-hybridized carbons (Fsp3) is 0.190. The molecular weight excluding hydrogens is 360 g/mol. The number of benzene rings is 1. The highest BCUT2D eigenvalue weighted by atomic mass is 32.1. The third-order valence-electron chi connectivity index (χ3n) is 4.50. The highest BCUT2D eigenvalue weighted by Crippen LogP contribution is 2.32. The van der Waals surface area contributed by atoms with Crippen LogP contribution in [0.1, 0.15) is 32.5 Å². The molecule has 27 heavy (non-hydrogen) atoms. The second-order valence-corrected chi connectivity index (χ2v) is 7.39. The summed E-state index contributed by atoms with van der Waals surface area (Å²) in [6.45, 7) is 1.91. The predicted octanol–water partition coefficient (Wildman–Crippen LogP) is 3.75. The van der Waals surface area contributed by atoms with E-state index in [1.54, 1.807) is 17.6 Å². The van der Waals surface area contributed by atoms with Crippen molar-refractivity contribution in [2.75, 3.05) is 6.54 Å². The first-order valence-corrected chi connectivity index (χ1v) is 9.56. The smallest absolute Gasteiger partial charge is 0.252 e. The highest BCUT2D eigenvalue weighted by molar-refractivity contribution is 7.12. The van der Waals surface area contributed by atoms with Gasteiger partial charge in [-0.05, 0) is 42.3 Å². The molecule has 0 spiro atoms. The van der Waals surface area contributed by atoms with Gasteiger partial charge in [0.05, 0.1) is 17.0 Å². The Hall–Kier alpha value is -2.99. The Kier molecular flexibility index (Phi) is 4.73. The Balaban J connectivity index is 1.38. The minimum Gasteiger partial charge on any atom is -0.488 e. The van der Waals surface area contributed by atoms with Gasteiger partial charge in [-0.15, -0.1) is 11.3 Å². The number of carbonyl (C=O) groups excluding carboxylic acids is 2. The van der Waals surface area contributed by atoms with Gasteiger partial charge in [0.15, 0.2) is 5.78 Å². The number of carbonyl (C=O) groups is 2. The molecule has 6 heteroatoms. The molecule has 0 aliphatic carbocycles. The van der Waals surface area contributed by atoms with Gasteiger partial charge < -0.3 is 10.1 Å². The molecular formula is C21H18N2O3S. The molecule has 2 aromatic heterocycles. The Morgan fingerprint density at radius 2 is 2.15 bits per heavy atom. The summed E-state index contributed by atoms with van der Waals surface area (Å²) in [7, 11) is 0. The average molecular weight is 378 g/mol. The number of pyridine rings is 1. The molecule has 3 heterocycles. The molecule has 0 bridgehead atoms. The van der Waals surface area contributed by atoms with E-state index in [1.807, 2.05) is 30.5 Å². The van der Waals surface area contributed by atoms with Crippen LogP contribution in [-0.2, 0) is 6.42 Å². The number of ketones is 1. The zero-order valence-electron chi connectivity index (χ0n) is 14.8. The second kappa shape index (κ2) is 7.32. The van der Waals surface area contributed by atoms with Crippen molar-refractivity contribution in [1.82, 2.24) is 10.3 Å². The number of aromatic nitrogens is 1. The quantitative estimate of drug-likeness (QED) is 0.687. The molecule has 1 unspecified atom stereocenters. The fourth-order valence-electron chi connectivity index (χ4n) is 3.10. The maximum atomic E-state index is 12.3. The zero-order chi connectivity index (χ0) is 18.8. The van der Waals surface area contributed by atoms with Crippen molar-refractivity contribution < 1.29 is 14.3 Å². The Morgan fingerprint density at radius 1 is 1.26 bits per heavy atom. The van der Waals surface area contributed by atoms with Crippen LogP contribution in [0.3, 0.4) is 0 Å². The van der Waals surface area contributed by atoms with E-state index in [4.69, 9.17) is 4.74 Å². The van der Waals surface area contributed by atoms with Crippen molar-refractivity contribution in [2.45, 2.75) is 19.4 Å². The summed E-state index contributed by atoms with van der Waals surface area (Å²) in [6.07, 6.45) is 4.24. The molecule has 1 atom stereocenters. The standard InChI is InChI=1S/C21H18N2O3S/c1-13(24)20-9-17(12-27-20)21(25)23-11-18-8-16-7-14(4-5-19(16)26-18)15-3-2-6-22-10-15/h2-7,9-10,12,18H,8,11H2,1H3,(H,23,25). The van der Waals surface area contributed by atoms with Gasteiger partial charge in [0, 0.05) is 29.8 Å². The van der Waals surface area contributed by atoms with Crippen molar-refractivity contribution in [3.63, 3.8) is 0 Å². The van der Waals surface area contributed by atoms with Crippen LogP contribution in [0.25, 0.3) is 11.1 Å². The highest BCUT2D eigenvalue weighted by Gasteiger charge is 2.24. The topological polar surface area (TPSA) is 68.3 Å². The van der Waals surface area contributed by atoms with E-state index in [9.17, 15) is 9.59 Å². The number of hydrogen-bond acceptors (Lipinski definition) is 5. The van der Waals surface area contributed by atoms with E-state index in [0.717, 1.165) is 28.9 Å². The van der Waals surface area contributed by atoms with Crippen LogP contribution in [0.15, 0.2) is 54.2 Å².